The average Bonchev–Trinajstić information content (AvgIpc) is 2.51. The molecule has 2 aromatic rings. The third kappa shape index (κ3) is 2.17. The van der Waals surface area contributed by atoms with Gasteiger partial charge in [-0.2, -0.15) is 0 Å². The van der Waals surface area contributed by atoms with Crippen LogP contribution < -0.4 is 0 Å². The Morgan fingerprint density at radius 2 is 2.05 bits per heavy atom. The highest BCUT2D eigenvalue weighted by Crippen LogP contribution is 2.44. The van der Waals surface area contributed by atoms with E-state index in [9.17, 15) is 0 Å². The first kappa shape index (κ1) is 13.3. The van der Waals surface area contributed by atoms with E-state index in [2.05, 4.69) is 55.4 Å². The molecule has 1 aromatic heterocycles. The molecule has 0 spiro atoms. The van der Waals surface area contributed by atoms with Gasteiger partial charge in [-0.25, -0.2) is 0 Å². The van der Waals surface area contributed by atoms with E-state index in [0.717, 1.165) is 23.5 Å². The van der Waals surface area contributed by atoms with Gasteiger partial charge < -0.3 is 4.90 Å². The van der Waals surface area contributed by atoms with Gasteiger partial charge in [0.25, 0.3) is 0 Å². The van der Waals surface area contributed by atoms with Crippen LogP contribution in [0.3, 0.4) is 0 Å². The van der Waals surface area contributed by atoms with Gasteiger partial charge in [-0.3, -0.25) is 4.98 Å². The number of fused-ring (bicyclic) bond motifs is 3. The zero-order valence-corrected chi connectivity index (χ0v) is 13.0. The molecule has 0 radical (unpaired) electrons. The van der Waals surface area contributed by atoms with Crippen molar-refractivity contribution in [1.29, 1.82) is 0 Å². The lowest BCUT2D eigenvalue weighted by atomic mass is 9.70. The molecule has 2 fully saturated rings. The minimum Gasteiger partial charge on any atom is -0.300 e. The van der Waals surface area contributed by atoms with E-state index >= 15 is 0 Å². The Balaban J connectivity index is 1.71. The van der Waals surface area contributed by atoms with Crippen LogP contribution in [0.15, 0.2) is 36.5 Å². The summed E-state index contributed by atoms with van der Waals surface area (Å²) in [5.41, 5.74) is 2.56. The van der Waals surface area contributed by atoms with Gasteiger partial charge in [-0.05, 0) is 55.8 Å². The topological polar surface area (TPSA) is 16.1 Å². The molecule has 4 rings (SSSR count). The zero-order chi connectivity index (χ0) is 14.4. The summed E-state index contributed by atoms with van der Waals surface area (Å²) in [4.78, 5) is 7.34. The monoisotopic (exact) mass is 280 g/mol. The lowest BCUT2D eigenvalue weighted by Crippen LogP contribution is -2.53. The summed E-state index contributed by atoms with van der Waals surface area (Å²) in [6.45, 7) is 2.45. The number of para-hydroxylation sites is 1. The van der Waals surface area contributed by atoms with E-state index in [1.807, 2.05) is 0 Å². The number of aromatic nitrogens is 1. The largest absolute Gasteiger partial charge is 0.300 e. The number of rotatable bonds is 1. The maximum Gasteiger partial charge on any atom is 0.0702 e. The van der Waals surface area contributed by atoms with Crippen molar-refractivity contribution in [3.8, 4) is 0 Å². The van der Waals surface area contributed by atoms with Gasteiger partial charge >= 0.3 is 0 Å². The number of nitrogens with zero attached hydrogens (tertiary/aromatic N) is 2. The highest BCUT2D eigenvalue weighted by molar-refractivity contribution is 5.78. The average molecular weight is 280 g/mol. The zero-order valence-electron chi connectivity index (χ0n) is 13.0. The summed E-state index contributed by atoms with van der Waals surface area (Å²) in [6, 6.07) is 12.4. The summed E-state index contributed by atoms with van der Waals surface area (Å²) in [5, 5.41) is 1.28. The molecular formula is C19H24N2. The van der Waals surface area contributed by atoms with Crippen molar-refractivity contribution in [1.82, 2.24) is 9.88 Å². The van der Waals surface area contributed by atoms with Crippen molar-refractivity contribution in [3.05, 3.63) is 42.1 Å². The first-order chi connectivity index (χ1) is 10.2. The summed E-state index contributed by atoms with van der Waals surface area (Å²) >= 11 is 0. The van der Waals surface area contributed by atoms with Crippen LogP contribution >= 0.6 is 0 Å². The maximum atomic E-state index is 4.69. The molecule has 0 aliphatic carbocycles. The Morgan fingerprint density at radius 3 is 2.95 bits per heavy atom. The molecule has 4 atom stereocenters. The predicted octanol–water partition coefficient (Wildman–Crippen LogP) is 4.21. The smallest absolute Gasteiger partial charge is 0.0702 e. The first-order valence-electron chi connectivity index (χ1n) is 8.30. The van der Waals surface area contributed by atoms with Crippen LogP contribution in [0.4, 0.5) is 0 Å². The lowest BCUT2D eigenvalue weighted by Gasteiger charge is -2.51. The van der Waals surface area contributed by atoms with Crippen LogP contribution in [-0.2, 0) is 0 Å². The summed E-state index contributed by atoms with van der Waals surface area (Å²) < 4.78 is 0. The van der Waals surface area contributed by atoms with E-state index in [0.29, 0.717) is 5.92 Å². The van der Waals surface area contributed by atoms with E-state index in [1.165, 1.54) is 36.6 Å². The Labute approximate surface area is 127 Å². The van der Waals surface area contributed by atoms with Gasteiger partial charge in [0.15, 0.2) is 0 Å². The van der Waals surface area contributed by atoms with Crippen molar-refractivity contribution < 1.29 is 0 Å². The van der Waals surface area contributed by atoms with Gasteiger partial charge in [0, 0.05) is 23.7 Å². The highest BCUT2D eigenvalue weighted by atomic mass is 15.2. The van der Waals surface area contributed by atoms with Gasteiger partial charge in [-0.15, -0.1) is 0 Å². The predicted molar refractivity (Wildman–Crippen MR) is 87.5 cm³/mol. The van der Waals surface area contributed by atoms with E-state index < -0.39 is 0 Å². The van der Waals surface area contributed by atoms with Crippen molar-refractivity contribution in [2.45, 2.75) is 50.6 Å². The molecule has 2 aliphatic rings. The van der Waals surface area contributed by atoms with Crippen molar-refractivity contribution >= 4 is 10.9 Å². The molecule has 2 heteroatoms. The van der Waals surface area contributed by atoms with Crippen molar-refractivity contribution in [2.24, 2.45) is 5.92 Å². The standard InChI is InChI=1S/C19H24N2/c1-13-17(11-16-7-5-9-19(13)21(16)2)15-10-14-6-3-4-8-18(14)20-12-15/h3-4,6,8,10,12-13,16-17,19H,5,7,9,11H2,1-2H3. The molecule has 110 valence electrons. The molecule has 4 unspecified atom stereocenters. The molecule has 2 bridgehead atoms. The fourth-order valence-corrected chi connectivity index (χ4v) is 4.66. The van der Waals surface area contributed by atoms with Crippen LogP contribution in [0.25, 0.3) is 10.9 Å². The second kappa shape index (κ2) is 5.10. The lowest BCUT2D eigenvalue weighted by molar-refractivity contribution is 0.0160. The molecule has 1 aromatic carbocycles. The normalized spacial score (nSPS) is 33.2. The van der Waals surface area contributed by atoms with Crippen LogP contribution in [-0.4, -0.2) is 29.0 Å². The number of hydrogen-bond acceptors (Lipinski definition) is 2. The van der Waals surface area contributed by atoms with Gasteiger partial charge in [-0.1, -0.05) is 31.5 Å². The Kier molecular flexibility index (Phi) is 3.22. The quantitative estimate of drug-likeness (QED) is 0.778. The van der Waals surface area contributed by atoms with Crippen molar-refractivity contribution in [2.75, 3.05) is 7.05 Å². The number of hydrogen-bond donors (Lipinski definition) is 0. The number of pyridine rings is 1. The van der Waals surface area contributed by atoms with Crippen molar-refractivity contribution in [3.63, 3.8) is 0 Å². The summed E-state index contributed by atoms with van der Waals surface area (Å²) in [6.07, 6.45) is 7.58. The number of piperidine rings is 2. The third-order valence-electron chi connectivity index (χ3n) is 5.94. The minimum atomic E-state index is 0.675. The second-order valence-electron chi connectivity index (χ2n) is 6.98. The fraction of sp³-hybridized carbons (Fsp3) is 0.526. The second-order valence-corrected chi connectivity index (χ2v) is 6.98. The highest BCUT2D eigenvalue weighted by Gasteiger charge is 2.41. The first-order valence-corrected chi connectivity index (χ1v) is 8.30. The molecule has 3 heterocycles. The molecule has 0 amide bonds. The molecule has 0 saturated carbocycles. The maximum absolute atomic E-state index is 4.69. The molecule has 2 aliphatic heterocycles. The van der Waals surface area contributed by atoms with Crippen LogP contribution in [0.5, 0.6) is 0 Å². The van der Waals surface area contributed by atoms with Crippen LogP contribution in [0, 0.1) is 5.92 Å². The van der Waals surface area contributed by atoms with Crippen LogP contribution in [0.2, 0.25) is 0 Å². The Bertz CT molecular complexity index is 651. The molecule has 2 nitrogen and oxygen atoms in total. The SMILES string of the molecule is CC1C(c2cnc3ccccc3c2)CC2CCCC1N2C. The minimum absolute atomic E-state index is 0.675. The molecule has 2 saturated heterocycles. The molecule has 21 heavy (non-hydrogen) atoms. The summed E-state index contributed by atoms with van der Waals surface area (Å²) in [5.74, 6) is 1.41. The van der Waals surface area contributed by atoms with Gasteiger partial charge in [0.2, 0.25) is 0 Å². The molecule has 0 N–H and O–H groups in total. The molecular weight excluding hydrogens is 256 g/mol. The Morgan fingerprint density at radius 1 is 1.19 bits per heavy atom. The van der Waals surface area contributed by atoms with Gasteiger partial charge in [0.1, 0.15) is 0 Å². The number of benzene rings is 1. The summed E-state index contributed by atoms with van der Waals surface area (Å²) in [7, 11) is 2.33. The van der Waals surface area contributed by atoms with Crippen LogP contribution in [0.1, 0.15) is 44.1 Å². The van der Waals surface area contributed by atoms with E-state index in [4.69, 9.17) is 4.98 Å². The van der Waals surface area contributed by atoms with E-state index in [-0.39, 0.29) is 0 Å². The fourth-order valence-electron chi connectivity index (χ4n) is 4.66. The van der Waals surface area contributed by atoms with E-state index in [1.54, 1.807) is 0 Å². The Hall–Kier alpha value is -1.41. The third-order valence-corrected chi connectivity index (χ3v) is 5.94. The van der Waals surface area contributed by atoms with Gasteiger partial charge in [0.05, 0.1) is 5.52 Å².